The van der Waals surface area contributed by atoms with Crippen molar-refractivity contribution in [2.45, 2.75) is 13.8 Å². The van der Waals surface area contributed by atoms with Crippen molar-refractivity contribution in [1.29, 1.82) is 0 Å². The Balaban J connectivity index is 0.00000225. The first kappa shape index (κ1) is 14.0. The molecule has 0 aliphatic rings. The van der Waals surface area contributed by atoms with Gasteiger partial charge in [-0.15, -0.1) is 0 Å². The van der Waals surface area contributed by atoms with E-state index in [1.54, 1.807) is 24.3 Å². The molecule has 1 aromatic carbocycles. The van der Waals surface area contributed by atoms with Crippen LogP contribution in [0, 0.1) is 0 Å². The lowest BCUT2D eigenvalue weighted by Crippen LogP contribution is -2.18. The molecule has 1 rings (SSSR count). The van der Waals surface area contributed by atoms with Crippen LogP contribution in [0.4, 0.5) is 10.5 Å². The van der Waals surface area contributed by atoms with E-state index in [9.17, 15) is 9.59 Å². The number of carbonyl (C=O) groups is 2. The normalized spacial score (nSPS) is 8.75. The Bertz CT molecular complexity index is 338. The van der Waals surface area contributed by atoms with E-state index >= 15 is 0 Å². The molecule has 3 N–H and O–H groups in total. The van der Waals surface area contributed by atoms with Crippen LogP contribution < -0.4 is 11.1 Å². The molecule has 0 fully saturated rings. The Hall–Kier alpha value is -2.04. The highest BCUT2D eigenvalue weighted by atomic mass is 16.5. The molecule has 0 aliphatic heterocycles. The number of rotatable bonds is 4. The summed E-state index contributed by atoms with van der Waals surface area (Å²) >= 11 is 0. The lowest BCUT2D eigenvalue weighted by molar-refractivity contribution is -0.118. The van der Waals surface area contributed by atoms with Crippen molar-refractivity contribution in [2.75, 3.05) is 11.9 Å². The van der Waals surface area contributed by atoms with Crippen LogP contribution in [0.25, 0.3) is 0 Å². The molecule has 0 radical (unpaired) electrons. The lowest BCUT2D eigenvalue weighted by atomic mass is 10.3. The van der Waals surface area contributed by atoms with Gasteiger partial charge in [0.2, 0.25) is 5.91 Å². The zero-order chi connectivity index (χ0) is 11.1. The first-order valence-corrected chi connectivity index (χ1v) is 4.45. The van der Waals surface area contributed by atoms with Crippen molar-refractivity contribution >= 4 is 17.7 Å². The summed E-state index contributed by atoms with van der Waals surface area (Å²) in [6, 6.07) is 8.88. The number of hydrogen-bond acceptors (Lipinski definition) is 3. The topological polar surface area (TPSA) is 81.4 Å². The average Bonchev–Trinajstić information content (AvgIpc) is 2.18. The quantitative estimate of drug-likeness (QED) is 0.817. The molecule has 0 spiro atoms. The van der Waals surface area contributed by atoms with Gasteiger partial charge in [0.25, 0.3) is 0 Å². The molecular weight excluding hydrogens is 208 g/mol. The number of amides is 2. The van der Waals surface area contributed by atoms with Gasteiger partial charge in [-0.3, -0.25) is 10.1 Å². The number of nitrogens with one attached hydrogen (secondary N) is 1. The van der Waals surface area contributed by atoms with E-state index in [-0.39, 0.29) is 20.5 Å². The zero-order valence-electron chi connectivity index (χ0n) is 8.10. The minimum absolute atomic E-state index is 0. The van der Waals surface area contributed by atoms with Crippen molar-refractivity contribution in [3.8, 4) is 0 Å². The number of primary amides is 1. The van der Waals surface area contributed by atoms with Crippen LogP contribution in [-0.2, 0) is 9.53 Å². The standard InChI is InChI=1S/C10H12N2O3.CH4/c11-9(13)6-7-15-10(14)12-8-4-2-1-3-5-8;/h1-5H,6-7H2,(H2,11,13)(H,12,14);1H4. The summed E-state index contributed by atoms with van der Waals surface area (Å²) in [5.41, 5.74) is 5.52. The maximum Gasteiger partial charge on any atom is 0.411 e. The predicted molar refractivity (Wildman–Crippen MR) is 62.0 cm³/mol. The van der Waals surface area contributed by atoms with Gasteiger partial charge in [-0.05, 0) is 12.1 Å². The van der Waals surface area contributed by atoms with Crippen molar-refractivity contribution in [1.82, 2.24) is 0 Å². The van der Waals surface area contributed by atoms with Gasteiger partial charge in [-0.1, -0.05) is 25.6 Å². The van der Waals surface area contributed by atoms with Gasteiger partial charge in [0.05, 0.1) is 6.42 Å². The monoisotopic (exact) mass is 224 g/mol. The van der Waals surface area contributed by atoms with E-state index in [0.29, 0.717) is 5.69 Å². The minimum Gasteiger partial charge on any atom is -0.449 e. The van der Waals surface area contributed by atoms with Crippen LogP contribution in [0.5, 0.6) is 0 Å². The van der Waals surface area contributed by atoms with E-state index in [1.807, 2.05) is 6.07 Å². The van der Waals surface area contributed by atoms with Gasteiger partial charge in [-0.25, -0.2) is 4.79 Å². The first-order valence-electron chi connectivity index (χ1n) is 4.45. The number of para-hydroxylation sites is 1. The van der Waals surface area contributed by atoms with Crippen molar-refractivity contribution in [3.63, 3.8) is 0 Å². The smallest absolute Gasteiger partial charge is 0.411 e. The lowest BCUT2D eigenvalue weighted by Gasteiger charge is -2.05. The fraction of sp³-hybridized carbons (Fsp3) is 0.273. The third-order valence-corrected chi connectivity index (χ3v) is 1.60. The zero-order valence-corrected chi connectivity index (χ0v) is 8.10. The Kier molecular flexibility index (Phi) is 6.35. The molecule has 0 bridgehead atoms. The maximum atomic E-state index is 11.1. The van der Waals surface area contributed by atoms with E-state index in [0.717, 1.165) is 0 Å². The number of hydrogen-bond donors (Lipinski definition) is 2. The SMILES string of the molecule is C.NC(=O)CCOC(=O)Nc1ccccc1. The summed E-state index contributed by atoms with van der Waals surface area (Å²) in [6.07, 6.45) is -0.565. The third kappa shape index (κ3) is 5.64. The number of carbonyl (C=O) groups excluding carboxylic acids is 2. The molecule has 5 nitrogen and oxygen atoms in total. The minimum atomic E-state index is -0.595. The molecule has 88 valence electrons. The molecule has 0 atom stereocenters. The summed E-state index contributed by atoms with van der Waals surface area (Å²) in [6.45, 7) is -0.00595. The fourth-order valence-corrected chi connectivity index (χ4v) is 0.920. The second-order valence-electron chi connectivity index (χ2n) is 2.84. The largest absolute Gasteiger partial charge is 0.449 e. The second kappa shape index (κ2) is 7.28. The van der Waals surface area contributed by atoms with Crippen molar-refractivity contribution in [2.24, 2.45) is 5.73 Å². The van der Waals surface area contributed by atoms with Crippen LogP contribution in [0.2, 0.25) is 0 Å². The van der Waals surface area contributed by atoms with E-state index < -0.39 is 12.0 Å². The van der Waals surface area contributed by atoms with E-state index in [4.69, 9.17) is 10.5 Å². The summed E-state index contributed by atoms with van der Waals surface area (Å²) < 4.78 is 4.71. The fourth-order valence-electron chi connectivity index (χ4n) is 0.920. The summed E-state index contributed by atoms with van der Waals surface area (Å²) in [7, 11) is 0. The number of ether oxygens (including phenoxy) is 1. The van der Waals surface area contributed by atoms with Crippen LogP contribution in [0.3, 0.4) is 0 Å². The van der Waals surface area contributed by atoms with Gasteiger partial charge in [0, 0.05) is 5.69 Å². The van der Waals surface area contributed by atoms with Gasteiger partial charge >= 0.3 is 6.09 Å². The van der Waals surface area contributed by atoms with Gasteiger partial charge < -0.3 is 10.5 Å². The summed E-state index contributed by atoms with van der Waals surface area (Å²) in [5.74, 6) is -0.498. The molecule has 5 heteroatoms. The third-order valence-electron chi connectivity index (χ3n) is 1.60. The number of benzene rings is 1. The van der Waals surface area contributed by atoms with Crippen molar-refractivity contribution in [3.05, 3.63) is 30.3 Å². The molecule has 0 aliphatic carbocycles. The number of nitrogens with two attached hydrogens (primary N) is 1. The molecule has 0 heterocycles. The molecule has 1 aromatic rings. The number of anilines is 1. The Morgan fingerprint density at radius 1 is 1.25 bits per heavy atom. The van der Waals surface area contributed by atoms with Crippen LogP contribution in [0.1, 0.15) is 13.8 Å². The predicted octanol–water partition coefficient (Wildman–Crippen LogP) is 1.75. The molecule has 16 heavy (non-hydrogen) atoms. The van der Waals surface area contributed by atoms with E-state index in [1.165, 1.54) is 0 Å². The van der Waals surface area contributed by atoms with Gasteiger partial charge in [0.1, 0.15) is 6.61 Å². The Morgan fingerprint density at radius 2 is 1.88 bits per heavy atom. The van der Waals surface area contributed by atoms with Crippen molar-refractivity contribution < 1.29 is 14.3 Å². The second-order valence-corrected chi connectivity index (χ2v) is 2.84. The van der Waals surface area contributed by atoms with Crippen LogP contribution >= 0.6 is 0 Å². The average molecular weight is 224 g/mol. The van der Waals surface area contributed by atoms with Gasteiger partial charge in [0.15, 0.2) is 0 Å². The first-order chi connectivity index (χ1) is 7.18. The Labute approximate surface area is 94.6 Å². The Morgan fingerprint density at radius 3 is 2.44 bits per heavy atom. The van der Waals surface area contributed by atoms with Gasteiger partial charge in [-0.2, -0.15) is 0 Å². The molecular formula is C11H16N2O3. The highest BCUT2D eigenvalue weighted by Crippen LogP contribution is 2.05. The molecule has 0 aromatic heterocycles. The highest BCUT2D eigenvalue weighted by molar-refractivity contribution is 5.84. The highest BCUT2D eigenvalue weighted by Gasteiger charge is 2.03. The maximum absolute atomic E-state index is 11.1. The summed E-state index contributed by atoms with van der Waals surface area (Å²) in [5, 5.41) is 2.50. The molecule has 0 saturated heterocycles. The molecule has 0 unspecified atom stereocenters. The molecule has 0 saturated carbocycles. The summed E-state index contributed by atoms with van der Waals surface area (Å²) in [4.78, 5) is 21.5. The molecule has 2 amide bonds. The van der Waals surface area contributed by atoms with E-state index in [2.05, 4.69) is 5.32 Å². The van der Waals surface area contributed by atoms with Crippen LogP contribution in [0.15, 0.2) is 30.3 Å². The van der Waals surface area contributed by atoms with Crippen LogP contribution in [-0.4, -0.2) is 18.6 Å².